The monoisotopic (exact) mass is 682 g/mol. The van der Waals surface area contributed by atoms with Gasteiger partial charge in [0, 0.05) is 41.7 Å². The third kappa shape index (κ3) is 5.74. The lowest BCUT2D eigenvalue weighted by atomic mass is 9.97. The van der Waals surface area contributed by atoms with Gasteiger partial charge in [0.25, 0.3) is 0 Å². The minimum absolute atomic E-state index is 0.0739. The van der Waals surface area contributed by atoms with Gasteiger partial charge in [-0.25, -0.2) is 15.0 Å². The van der Waals surface area contributed by atoms with E-state index < -0.39 is 6.04 Å². The number of Topliss-reactive ketones (excluding diaryl/α,β-unsaturated/α-hetero) is 1. The number of aromatic nitrogens is 6. The van der Waals surface area contributed by atoms with Crippen molar-refractivity contribution >= 4 is 50.2 Å². The minimum atomic E-state index is -0.657. The second-order valence-corrected chi connectivity index (χ2v) is 13.4. The second-order valence-electron chi connectivity index (χ2n) is 12.6. The Balaban J connectivity index is 1.20. The summed E-state index contributed by atoms with van der Waals surface area (Å²) in [5.74, 6) is 0.501. The number of carbonyl (C=O) groups is 3. The predicted molar refractivity (Wildman–Crippen MR) is 176 cm³/mol. The van der Waals surface area contributed by atoms with Crippen LogP contribution in [0.1, 0.15) is 73.7 Å². The minimum Gasteiger partial charge on any atom is -0.325 e. The first-order valence-corrected chi connectivity index (χ1v) is 16.6. The zero-order chi connectivity index (χ0) is 32.0. The maximum atomic E-state index is 14.2. The number of rotatable bonds is 4. The van der Waals surface area contributed by atoms with E-state index in [9.17, 15) is 14.4 Å². The molecule has 2 bridgehead atoms. The Bertz CT molecular complexity index is 1890. The van der Waals surface area contributed by atoms with Crippen LogP contribution in [0, 0.1) is 12.3 Å². The molecule has 0 aromatic carbocycles. The number of allylic oxidation sites excluding steroid dienone is 1. The highest BCUT2D eigenvalue weighted by atomic mass is 79.9. The predicted octanol–water partition coefficient (Wildman–Crippen LogP) is 5.62. The van der Waals surface area contributed by atoms with E-state index in [1.807, 2.05) is 12.1 Å². The van der Waals surface area contributed by atoms with Crippen LogP contribution in [0.5, 0.6) is 0 Å². The van der Waals surface area contributed by atoms with Gasteiger partial charge in [-0.15, -0.1) is 0 Å². The number of aryl methyl sites for hydroxylation is 2. The zero-order valence-electron chi connectivity index (χ0n) is 25.9. The Kier molecular flexibility index (Phi) is 8.00. The molecule has 1 saturated heterocycles. The molecule has 1 N–H and O–H groups in total. The first-order chi connectivity index (χ1) is 22.2. The average molecular weight is 684 g/mol. The molecule has 3 atom stereocenters. The molecule has 1 aliphatic carbocycles. The van der Waals surface area contributed by atoms with E-state index in [1.54, 1.807) is 36.5 Å². The number of nitrogens with zero attached hydrogens (tertiary/aromatic N) is 7. The lowest BCUT2D eigenvalue weighted by Gasteiger charge is -2.27. The normalized spacial score (nSPS) is 23.5. The highest BCUT2D eigenvalue weighted by Crippen LogP contribution is 2.61. The van der Waals surface area contributed by atoms with E-state index in [0.29, 0.717) is 44.8 Å². The number of ketones is 1. The summed E-state index contributed by atoms with van der Waals surface area (Å²) in [7, 11) is 0. The van der Waals surface area contributed by atoms with Crippen molar-refractivity contribution in [2.24, 2.45) is 5.41 Å². The van der Waals surface area contributed by atoms with E-state index in [1.165, 1.54) is 11.6 Å². The molecule has 12 heteroatoms. The van der Waals surface area contributed by atoms with Crippen molar-refractivity contribution in [1.82, 2.24) is 34.6 Å². The fourth-order valence-electron chi connectivity index (χ4n) is 6.95. The Hall–Kier alpha value is -4.32. The zero-order valence-corrected chi connectivity index (χ0v) is 27.5. The largest absolute Gasteiger partial charge is 0.325 e. The van der Waals surface area contributed by atoms with Crippen LogP contribution in [0.2, 0.25) is 0 Å². The quantitative estimate of drug-likeness (QED) is 0.167. The average Bonchev–Trinajstić information content (AvgIpc) is 3.45. The van der Waals surface area contributed by atoms with E-state index in [0.717, 1.165) is 50.5 Å². The van der Waals surface area contributed by atoms with Crippen LogP contribution in [0.3, 0.4) is 0 Å². The molecule has 11 nitrogen and oxygen atoms in total. The summed E-state index contributed by atoms with van der Waals surface area (Å²) >= 11 is 3.45. The van der Waals surface area contributed by atoms with Crippen molar-refractivity contribution < 1.29 is 14.4 Å². The molecule has 1 saturated carbocycles. The van der Waals surface area contributed by atoms with Crippen molar-refractivity contribution in [1.29, 1.82) is 0 Å². The highest BCUT2D eigenvalue weighted by Gasteiger charge is 2.65. The van der Waals surface area contributed by atoms with Crippen LogP contribution < -0.4 is 5.32 Å². The molecule has 1 spiro atoms. The van der Waals surface area contributed by atoms with Crippen molar-refractivity contribution in [3.63, 3.8) is 0 Å². The van der Waals surface area contributed by atoms with Crippen molar-refractivity contribution in [2.75, 3.05) is 5.32 Å². The fraction of sp³-hybridized carbons (Fsp3) is 0.412. The number of halogens is 1. The second kappa shape index (κ2) is 12.1. The van der Waals surface area contributed by atoms with E-state index >= 15 is 0 Å². The number of hydrogen-bond donors (Lipinski definition) is 1. The molecule has 1 unspecified atom stereocenters. The summed E-state index contributed by atoms with van der Waals surface area (Å²) in [6.45, 7) is 3.14. The number of likely N-dealkylation sites (tertiary alicyclic amines) is 1. The van der Waals surface area contributed by atoms with Crippen LogP contribution in [0.15, 0.2) is 53.5 Å². The van der Waals surface area contributed by atoms with Gasteiger partial charge in [-0.1, -0.05) is 31.1 Å². The van der Waals surface area contributed by atoms with Crippen molar-refractivity contribution in [3.8, 4) is 11.3 Å². The Morgan fingerprint density at radius 1 is 1.07 bits per heavy atom. The van der Waals surface area contributed by atoms with Crippen LogP contribution in [0.25, 0.3) is 22.2 Å². The van der Waals surface area contributed by atoms with Gasteiger partial charge >= 0.3 is 0 Å². The molecule has 4 aromatic rings. The number of amides is 2. The summed E-state index contributed by atoms with van der Waals surface area (Å²) in [6, 6.07) is 4.96. The number of hydrogen-bond acceptors (Lipinski definition) is 8. The SMILES string of the molecule is CC(=O)c1nn(CC(=O)N2C3C[C@@]34/C=C/CCCCCCc3ccc(Br)nc3NC(=O)[C@@H]2C4)c2cnc(-c3cnc(C)nc3)cc12. The van der Waals surface area contributed by atoms with Crippen LogP contribution in [-0.2, 0) is 22.6 Å². The van der Waals surface area contributed by atoms with Crippen LogP contribution in [-0.4, -0.2) is 64.3 Å². The molecule has 7 rings (SSSR count). The van der Waals surface area contributed by atoms with Gasteiger partial charge in [0.1, 0.15) is 34.5 Å². The molecule has 4 aromatic heterocycles. The maximum absolute atomic E-state index is 14.2. The first kappa shape index (κ1) is 30.3. The molecule has 2 amide bonds. The Morgan fingerprint density at radius 2 is 1.87 bits per heavy atom. The number of carbonyl (C=O) groups excluding carboxylic acids is 3. The molecule has 2 aliphatic heterocycles. The van der Waals surface area contributed by atoms with Gasteiger partial charge in [0.2, 0.25) is 11.8 Å². The molecule has 0 radical (unpaired) electrons. The summed E-state index contributed by atoms with van der Waals surface area (Å²) < 4.78 is 2.17. The van der Waals surface area contributed by atoms with Gasteiger partial charge in [0.05, 0.1) is 17.4 Å². The van der Waals surface area contributed by atoms with Crippen molar-refractivity contribution in [3.05, 3.63) is 70.6 Å². The van der Waals surface area contributed by atoms with Gasteiger partial charge in [-0.05, 0) is 79.1 Å². The number of fused-ring (bicyclic) bond motifs is 3. The molecular weight excluding hydrogens is 648 g/mol. The summed E-state index contributed by atoms with van der Waals surface area (Å²) in [4.78, 5) is 60.2. The van der Waals surface area contributed by atoms with Gasteiger partial charge < -0.3 is 10.2 Å². The van der Waals surface area contributed by atoms with E-state index in [-0.39, 0.29) is 41.3 Å². The highest BCUT2D eigenvalue weighted by molar-refractivity contribution is 9.10. The molecule has 46 heavy (non-hydrogen) atoms. The van der Waals surface area contributed by atoms with E-state index in [4.69, 9.17) is 0 Å². The summed E-state index contributed by atoms with van der Waals surface area (Å²) in [5, 5.41) is 8.24. The lowest BCUT2D eigenvalue weighted by molar-refractivity contribution is -0.138. The number of piperidine rings is 1. The van der Waals surface area contributed by atoms with Gasteiger partial charge in [-0.2, -0.15) is 5.10 Å². The van der Waals surface area contributed by atoms with Gasteiger partial charge in [0.15, 0.2) is 5.78 Å². The maximum Gasteiger partial charge on any atom is 0.248 e. The van der Waals surface area contributed by atoms with Gasteiger partial charge in [-0.3, -0.25) is 24.0 Å². The molecule has 6 heterocycles. The van der Waals surface area contributed by atoms with Crippen LogP contribution in [0.4, 0.5) is 5.82 Å². The number of pyridine rings is 2. The summed E-state index contributed by atoms with van der Waals surface area (Å²) in [6.07, 6.45) is 17.1. The van der Waals surface area contributed by atoms with Crippen LogP contribution >= 0.6 is 15.9 Å². The Morgan fingerprint density at radius 3 is 2.67 bits per heavy atom. The van der Waals surface area contributed by atoms with E-state index in [2.05, 4.69) is 58.4 Å². The smallest absolute Gasteiger partial charge is 0.248 e. The molecule has 3 aliphatic rings. The molecule has 2 fully saturated rings. The first-order valence-electron chi connectivity index (χ1n) is 15.8. The molecular formula is C34H35BrN8O3. The fourth-order valence-corrected chi connectivity index (χ4v) is 7.26. The third-order valence-corrected chi connectivity index (χ3v) is 9.89. The molecule has 236 valence electrons. The third-order valence-electron chi connectivity index (χ3n) is 9.45. The number of nitrogens with one attached hydrogen (secondary N) is 1. The lowest BCUT2D eigenvalue weighted by Crippen LogP contribution is -2.47. The topological polar surface area (TPSA) is 136 Å². The van der Waals surface area contributed by atoms with Crippen molar-refractivity contribution in [2.45, 2.75) is 83.8 Å². The number of anilines is 1. The summed E-state index contributed by atoms with van der Waals surface area (Å²) in [5.41, 5.74) is 2.91. The Labute approximate surface area is 275 Å². The standard InChI is InChI=1S/C34H35BrN8O3/c1-20(44)31-24-13-25(23-16-36-21(2)37-17-23)38-18-27(24)42(41-31)19-30(45)43-26-14-34(15-28(34)43)12-8-6-4-3-5-7-9-22-10-11-29(35)39-32(22)40-33(26)46/h8,10-13,16-18,26,28H,3-7,9,14-15,19H2,1-2H3,(H,39,40,46)/b12-8+/t26-,28?,34-/m0/s1.